The zero-order valence-electron chi connectivity index (χ0n) is 26.2. The maximum absolute atomic E-state index is 2.52. The molecule has 0 aromatic heterocycles. The molecule has 41 heavy (non-hydrogen) atoms. The van der Waals surface area contributed by atoms with Gasteiger partial charge in [0.15, 0.2) is 0 Å². The van der Waals surface area contributed by atoms with Crippen LogP contribution in [0.2, 0.25) is 0 Å². The van der Waals surface area contributed by atoms with Crippen LogP contribution in [0.3, 0.4) is 0 Å². The van der Waals surface area contributed by atoms with Crippen molar-refractivity contribution in [2.24, 2.45) is 5.41 Å². The standard InChI is InChI=1S/C41H42/c1-38(2,3)41(8,9)29-18-21-31-30-20-17-28(23-34(30)40(6,7)35(31)24-29)39(4,5)33-22-16-27-14-13-25-11-10-12-26-15-19-32(33)37(27)36(25)26/h10-24H,1-9H3. The van der Waals surface area contributed by atoms with Crippen LogP contribution in [0.4, 0.5) is 0 Å². The molecular formula is C41H42. The van der Waals surface area contributed by atoms with E-state index in [1.54, 1.807) is 0 Å². The summed E-state index contributed by atoms with van der Waals surface area (Å²) >= 11 is 0. The molecule has 1 aliphatic carbocycles. The van der Waals surface area contributed by atoms with Crippen LogP contribution in [0.25, 0.3) is 43.4 Å². The van der Waals surface area contributed by atoms with E-state index in [1.807, 2.05) is 0 Å². The van der Waals surface area contributed by atoms with Crippen molar-refractivity contribution in [2.45, 2.75) is 78.6 Å². The summed E-state index contributed by atoms with van der Waals surface area (Å²) < 4.78 is 0. The first-order chi connectivity index (χ1) is 19.2. The second-order valence-electron chi connectivity index (χ2n) is 15.1. The van der Waals surface area contributed by atoms with Gasteiger partial charge >= 0.3 is 0 Å². The Bertz CT molecular complexity index is 1970. The zero-order chi connectivity index (χ0) is 29.1. The van der Waals surface area contributed by atoms with E-state index in [0.29, 0.717) is 0 Å². The molecule has 0 saturated heterocycles. The third kappa shape index (κ3) is 3.52. The Hall–Kier alpha value is -3.64. The smallest absolute Gasteiger partial charge is 0.0159 e. The summed E-state index contributed by atoms with van der Waals surface area (Å²) in [6, 6.07) is 35.1. The largest absolute Gasteiger partial charge is 0.0610 e. The molecule has 0 amide bonds. The summed E-state index contributed by atoms with van der Waals surface area (Å²) in [6.45, 7) is 21.5. The summed E-state index contributed by atoms with van der Waals surface area (Å²) in [4.78, 5) is 0. The monoisotopic (exact) mass is 534 g/mol. The molecule has 0 heteroatoms. The second-order valence-corrected chi connectivity index (χ2v) is 15.1. The van der Waals surface area contributed by atoms with Crippen molar-refractivity contribution in [2.75, 3.05) is 0 Å². The summed E-state index contributed by atoms with van der Waals surface area (Å²) in [6.07, 6.45) is 0. The van der Waals surface area contributed by atoms with Crippen molar-refractivity contribution in [1.29, 1.82) is 0 Å². The molecule has 0 nitrogen and oxygen atoms in total. The minimum absolute atomic E-state index is 0.0522. The van der Waals surface area contributed by atoms with E-state index < -0.39 is 0 Å². The second kappa shape index (κ2) is 8.22. The van der Waals surface area contributed by atoms with Crippen LogP contribution in [0.15, 0.2) is 91.0 Å². The van der Waals surface area contributed by atoms with Gasteiger partial charge in [-0.1, -0.05) is 153 Å². The molecule has 0 unspecified atom stereocenters. The Labute approximate surface area is 245 Å². The maximum Gasteiger partial charge on any atom is 0.0159 e. The van der Waals surface area contributed by atoms with Gasteiger partial charge in [-0.2, -0.15) is 0 Å². The number of hydrogen-bond acceptors (Lipinski definition) is 0. The summed E-state index contributed by atoms with van der Waals surface area (Å²) in [5.74, 6) is 0. The van der Waals surface area contributed by atoms with Gasteiger partial charge in [-0.25, -0.2) is 0 Å². The van der Waals surface area contributed by atoms with E-state index in [0.717, 1.165) is 0 Å². The Morgan fingerprint density at radius 1 is 0.512 bits per heavy atom. The molecule has 206 valence electrons. The van der Waals surface area contributed by atoms with Crippen LogP contribution in [0, 0.1) is 5.41 Å². The average molecular weight is 535 g/mol. The van der Waals surface area contributed by atoms with Gasteiger partial charge in [0.25, 0.3) is 0 Å². The molecule has 0 atom stereocenters. The highest BCUT2D eigenvalue weighted by Gasteiger charge is 2.40. The van der Waals surface area contributed by atoms with Crippen LogP contribution < -0.4 is 0 Å². The Balaban J connectivity index is 1.37. The van der Waals surface area contributed by atoms with Gasteiger partial charge in [0.05, 0.1) is 0 Å². The summed E-state index contributed by atoms with van der Waals surface area (Å²) in [5.41, 5.74) is 9.94. The van der Waals surface area contributed by atoms with Crippen molar-refractivity contribution in [3.05, 3.63) is 119 Å². The lowest BCUT2D eigenvalue weighted by Crippen LogP contribution is -2.34. The van der Waals surface area contributed by atoms with Crippen molar-refractivity contribution in [3.8, 4) is 11.1 Å². The predicted molar refractivity (Wildman–Crippen MR) is 179 cm³/mol. The molecule has 0 saturated carbocycles. The molecule has 6 aromatic rings. The van der Waals surface area contributed by atoms with Gasteiger partial charge < -0.3 is 0 Å². The van der Waals surface area contributed by atoms with Crippen LogP contribution in [0.5, 0.6) is 0 Å². The highest BCUT2D eigenvalue weighted by atomic mass is 14.4. The molecule has 6 aromatic carbocycles. The first-order valence-electron chi connectivity index (χ1n) is 15.2. The molecule has 0 fully saturated rings. The van der Waals surface area contributed by atoms with Gasteiger partial charge in [-0.05, 0) is 82.1 Å². The molecule has 1 aliphatic rings. The summed E-state index contributed by atoms with van der Waals surface area (Å²) in [5, 5.41) is 8.12. The quantitative estimate of drug-likeness (QED) is 0.198. The van der Waals surface area contributed by atoms with Crippen molar-refractivity contribution in [1.82, 2.24) is 0 Å². The lowest BCUT2D eigenvalue weighted by atomic mass is 9.64. The molecular weight excluding hydrogens is 492 g/mol. The van der Waals surface area contributed by atoms with Gasteiger partial charge in [-0.3, -0.25) is 0 Å². The maximum atomic E-state index is 2.52. The van der Waals surface area contributed by atoms with Crippen molar-refractivity contribution in [3.63, 3.8) is 0 Å². The van der Waals surface area contributed by atoms with Crippen molar-refractivity contribution < 1.29 is 0 Å². The predicted octanol–water partition coefficient (Wildman–Crippen LogP) is 11.5. The fraction of sp³-hybridized carbons (Fsp3) is 0.317. The van der Waals surface area contributed by atoms with Gasteiger partial charge in [0, 0.05) is 10.8 Å². The first-order valence-corrected chi connectivity index (χ1v) is 15.2. The molecule has 0 aliphatic heterocycles. The average Bonchev–Trinajstić information content (AvgIpc) is 3.16. The third-order valence-electron chi connectivity index (χ3n) is 11.2. The van der Waals surface area contributed by atoms with Gasteiger partial charge in [-0.15, -0.1) is 0 Å². The fourth-order valence-electron chi connectivity index (χ4n) is 7.38. The number of fused-ring (bicyclic) bond motifs is 3. The van der Waals surface area contributed by atoms with Crippen LogP contribution in [-0.4, -0.2) is 0 Å². The normalized spacial score (nSPS) is 15.1. The molecule has 0 bridgehead atoms. The molecule has 0 radical (unpaired) electrons. The van der Waals surface area contributed by atoms with Crippen LogP contribution in [-0.2, 0) is 16.2 Å². The van der Waals surface area contributed by atoms with Gasteiger partial charge in [0.1, 0.15) is 0 Å². The Morgan fingerprint density at radius 2 is 1.02 bits per heavy atom. The van der Waals surface area contributed by atoms with E-state index >= 15 is 0 Å². The Kier molecular flexibility index (Phi) is 5.27. The van der Waals surface area contributed by atoms with E-state index in [2.05, 4.69) is 153 Å². The summed E-state index contributed by atoms with van der Waals surface area (Å²) in [7, 11) is 0. The number of rotatable bonds is 3. The first kappa shape index (κ1) is 26.3. The van der Waals surface area contributed by atoms with Gasteiger partial charge in [0.2, 0.25) is 0 Å². The minimum atomic E-state index is -0.151. The number of benzene rings is 6. The van der Waals surface area contributed by atoms with E-state index in [9.17, 15) is 0 Å². The molecule has 0 heterocycles. The van der Waals surface area contributed by atoms with Crippen LogP contribution in [0.1, 0.15) is 90.1 Å². The van der Waals surface area contributed by atoms with E-state index in [-0.39, 0.29) is 21.7 Å². The SMILES string of the molecule is CC1(C)c2cc(C(C)(C)c3ccc4ccc5cccc6ccc3c4c56)ccc2-c2ccc(C(C)(C)C(C)(C)C)cc21. The molecule has 0 N–H and O–H groups in total. The highest BCUT2D eigenvalue weighted by molar-refractivity contribution is 6.23. The van der Waals surface area contributed by atoms with E-state index in [1.165, 1.54) is 71.3 Å². The zero-order valence-corrected chi connectivity index (χ0v) is 26.2. The molecule has 7 rings (SSSR count). The topological polar surface area (TPSA) is 0 Å². The minimum Gasteiger partial charge on any atom is -0.0610 e. The van der Waals surface area contributed by atoms with Crippen molar-refractivity contribution >= 4 is 32.3 Å². The third-order valence-corrected chi connectivity index (χ3v) is 11.2. The lowest BCUT2D eigenvalue weighted by Gasteiger charge is -2.40. The van der Waals surface area contributed by atoms with Crippen LogP contribution >= 0.6 is 0 Å². The highest BCUT2D eigenvalue weighted by Crippen LogP contribution is 2.52. The lowest BCUT2D eigenvalue weighted by molar-refractivity contribution is 0.225. The van der Waals surface area contributed by atoms with E-state index in [4.69, 9.17) is 0 Å². The molecule has 0 spiro atoms. The fourth-order valence-corrected chi connectivity index (χ4v) is 7.38. The Morgan fingerprint density at radius 3 is 1.63 bits per heavy atom. The number of hydrogen-bond donors (Lipinski definition) is 0.